The number of hydrogen-bond acceptors (Lipinski definition) is 7. The summed E-state index contributed by atoms with van der Waals surface area (Å²) in [6.45, 7) is 8.71. The molecule has 1 N–H and O–H groups in total. The molecule has 3 aliphatic rings. The fraction of sp³-hybridized carbons (Fsp3) is 0.515. The van der Waals surface area contributed by atoms with Crippen LogP contribution >= 0.6 is 11.3 Å². The van der Waals surface area contributed by atoms with Gasteiger partial charge in [-0.2, -0.15) is 0 Å². The van der Waals surface area contributed by atoms with Crippen LogP contribution in [0.25, 0.3) is 11.3 Å². The van der Waals surface area contributed by atoms with Crippen LogP contribution in [0.3, 0.4) is 0 Å². The number of thiazole rings is 1. The van der Waals surface area contributed by atoms with Gasteiger partial charge in [0.1, 0.15) is 19.1 Å². The molecular weight excluding hydrogens is 534 g/mol. The lowest BCUT2D eigenvalue weighted by Crippen LogP contribution is -2.43. The number of piperidine rings is 2. The van der Waals surface area contributed by atoms with E-state index in [-0.39, 0.29) is 12.7 Å². The molecule has 3 heterocycles. The number of rotatable bonds is 9. The molecule has 1 saturated carbocycles. The number of ether oxygens (including phenoxy) is 2. The molecule has 1 aliphatic carbocycles. The number of carbonyl (C=O) groups is 1. The number of nitrogens with zero attached hydrogens (tertiary/aromatic N) is 3. The van der Waals surface area contributed by atoms with Crippen LogP contribution in [0.1, 0.15) is 59.2 Å². The lowest BCUT2D eigenvalue weighted by Gasteiger charge is -2.37. The van der Waals surface area contributed by atoms with Crippen molar-refractivity contribution in [3.63, 3.8) is 0 Å². The molecule has 2 bridgehead atoms. The third-order valence-electron chi connectivity index (χ3n) is 9.16. The Morgan fingerprint density at radius 2 is 1.83 bits per heavy atom. The van der Waals surface area contributed by atoms with E-state index in [1.165, 1.54) is 24.8 Å². The Morgan fingerprint density at radius 1 is 1.05 bits per heavy atom. The minimum Gasteiger partial charge on any atom is -0.488 e. The fourth-order valence-electron chi connectivity index (χ4n) is 6.94. The number of aryl methyl sites for hydroxylation is 2. The van der Waals surface area contributed by atoms with Gasteiger partial charge in [0.15, 0.2) is 5.13 Å². The Kier molecular flexibility index (Phi) is 8.60. The standard InChI is InChI=1S/C33H41N3O4S/c1-22-6-11-31(40-18-24-7-10-27(23(2)15-24)32(38)35-12-4-3-5-13-35)28(14-22)30-20-41-33(34-30)36-16-25-8-9-26(17-36)29(25)19-39-21-37/h6-7,10-11,14-15,20,25-26,29,37H,3-5,8-9,12-13,16-19,21H2,1-2H3/t25-,26+,29+. The summed E-state index contributed by atoms with van der Waals surface area (Å²) in [5, 5.41) is 12.3. The van der Waals surface area contributed by atoms with Crippen LogP contribution in [0, 0.1) is 31.6 Å². The summed E-state index contributed by atoms with van der Waals surface area (Å²) >= 11 is 1.70. The van der Waals surface area contributed by atoms with Gasteiger partial charge in [-0.15, -0.1) is 11.3 Å². The molecule has 3 fully saturated rings. The van der Waals surface area contributed by atoms with Gasteiger partial charge in [0.25, 0.3) is 5.91 Å². The number of fused-ring (bicyclic) bond motifs is 2. The Hall–Kier alpha value is -2.94. The van der Waals surface area contributed by atoms with Crippen molar-refractivity contribution in [3.8, 4) is 17.0 Å². The number of aromatic nitrogens is 1. The van der Waals surface area contributed by atoms with E-state index in [4.69, 9.17) is 19.6 Å². The highest BCUT2D eigenvalue weighted by atomic mass is 32.1. The van der Waals surface area contributed by atoms with Crippen molar-refractivity contribution in [2.24, 2.45) is 17.8 Å². The van der Waals surface area contributed by atoms with E-state index >= 15 is 0 Å². The minimum atomic E-state index is -0.195. The van der Waals surface area contributed by atoms with Crippen molar-refractivity contribution >= 4 is 22.4 Å². The van der Waals surface area contributed by atoms with Crippen molar-refractivity contribution in [1.82, 2.24) is 9.88 Å². The maximum absolute atomic E-state index is 13.0. The second kappa shape index (κ2) is 12.5. The molecule has 6 rings (SSSR count). The van der Waals surface area contributed by atoms with E-state index in [1.54, 1.807) is 11.3 Å². The first-order valence-corrected chi connectivity index (χ1v) is 15.9. The van der Waals surface area contributed by atoms with Crippen LogP contribution in [-0.4, -0.2) is 60.5 Å². The van der Waals surface area contributed by atoms with E-state index in [0.717, 1.165) is 77.8 Å². The molecule has 3 atom stereocenters. The zero-order chi connectivity index (χ0) is 28.3. The van der Waals surface area contributed by atoms with Gasteiger partial charge in [-0.05, 0) is 93.0 Å². The van der Waals surface area contributed by atoms with Crippen molar-refractivity contribution in [2.45, 2.75) is 52.6 Å². The number of aliphatic hydroxyl groups is 1. The van der Waals surface area contributed by atoms with Crippen molar-refractivity contribution in [2.75, 3.05) is 44.5 Å². The number of carbonyl (C=O) groups excluding carboxylic acids is 1. The van der Waals surface area contributed by atoms with Gasteiger partial charge in [-0.3, -0.25) is 4.79 Å². The van der Waals surface area contributed by atoms with Gasteiger partial charge >= 0.3 is 0 Å². The maximum Gasteiger partial charge on any atom is 0.254 e. The molecule has 7 nitrogen and oxygen atoms in total. The molecule has 2 saturated heterocycles. The molecule has 0 unspecified atom stereocenters. The fourth-order valence-corrected chi connectivity index (χ4v) is 7.79. The van der Waals surface area contributed by atoms with Crippen LogP contribution in [0.5, 0.6) is 5.75 Å². The largest absolute Gasteiger partial charge is 0.488 e. The Bertz CT molecular complexity index is 1350. The van der Waals surface area contributed by atoms with Crippen LogP contribution in [0.2, 0.25) is 0 Å². The molecule has 2 aromatic carbocycles. The number of hydrogen-bond donors (Lipinski definition) is 1. The smallest absolute Gasteiger partial charge is 0.254 e. The van der Waals surface area contributed by atoms with Gasteiger partial charge in [0, 0.05) is 42.7 Å². The van der Waals surface area contributed by atoms with Crippen LogP contribution in [0.4, 0.5) is 5.13 Å². The lowest BCUT2D eigenvalue weighted by molar-refractivity contribution is -0.0315. The number of likely N-dealkylation sites (tertiary alicyclic amines) is 1. The molecule has 2 aliphatic heterocycles. The summed E-state index contributed by atoms with van der Waals surface area (Å²) in [5.41, 5.74) is 5.96. The van der Waals surface area contributed by atoms with E-state index in [9.17, 15) is 4.79 Å². The van der Waals surface area contributed by atoms with Gasteiger partial charge in [-0.25, -0.2) is 4.98 Å². The molecule has 218 valence electrons. The summed E-state index contributed by atoms with van der Waals surface area (Å²) in [7, 11) is 0. The van der Waals surface area contributed by atoms with Gasteiger partial charge in [0.2, 0.25) is 0 Å². The van der Waals surface area contributed by atoms with Crippen molar-refractivity contribution < 1.29 is 19.4 Å². The Balaban J connectivity index is 1.14. The molecule has 0 radical (unpaired) electrons. The number of anilines is 1. The van der Waals surface area contributed by atoms with E-state index in [2.05, 4.69) is 35.4 Å². The molecular formula is C33H41N3O4S. The van der Waals surface area contributed by atoms with E-state index < -0.39 is 0 Å². The number of amides is 1. The summed E-state index contributed by atoms with van der Waals surface area (Å²) < 4.78 is 11.8. The molecule has 0 spiro atoms. The molecule has 1 aromatic heterocycles. The van der Waals surface area contributed by atoms with E-state index in [0.29, 0.717) is 31.0 Å². The van der Waals surface area contributed by atoms with E-state index in [1.807, 2.05) is 30.0 Å². The molecule has 41 heavy (non-hydrogen) atoms. The predicted molar refractivity (Wildman–Crippen MR) is 163 cm³/mol. The average Bonchev–Trinajstić information content (AvgIpc) is 3.57. The maximum atomic E-state index is 13.0. The first kappa shape index (κ1) is 28.2. The highest BCUT2D eigenvalue weighted by Gasteiger charge is 2.42. The monoisotopic (exact) mass is 575 g/mol. The number of benzene rings is 2. The second-order valence-electron chi connectivity index (χ2n) is 12.0. The highest BCUT2D eigenvalue weighted by Crippen LogP contribution is 2.44. The first-order chi connectivity index (χ1) is 20.0. The van der Waals surface area contributed by atoms with Crippen molar-refractivity contribution in [1.29, 1.82) is 0 Å². The topological polar surface area (TPSA) is 75.1 Å². The SMILES string of the molecule is Cc1ccc(OCc2ccc(C(=O)N3CCCCC3)c(C)c2)c(-c2csc(N3C[C@H]4CC[C@@H](C3)[C@H]4COCO)n2)c1. The Labute approximate surface area is 247 Å². The van der Waals surface area contributed by atoms with Crippen molar-refractivity contribution in [3.05, 3.63) is 64.0 Å². The molecule has 8 heteroatoms. The average molecular weight is 576 g/mol. The predicted octanol–water partition coefficient (Wildman–Crippen LogP) is 6.06. The third kappa shape index (κ3) is 6.15. The summed E-state index contributed by atoms with van der Waals surface area (Å²) in [5.74, 6) is 2.69. The van der Waals surface area contributed by atoms with Gasteiger partial charge in [-0.1, -0.05) is 23.8 Å². The summed E-state index contributed by atoms with van der Waals surface area (Å²) in [6.07, 6.45) is 5.85. The zero-order valence-electron chi connectivity index (χ0n) is 24.2. The number of aliphatic hydroxyl groups excluding tert-OH is 1. The lowest BCUT2D eigenvalue weighted by atomic mass is 9.86. The minimum absolute atomic E-state index is 0.144. The zero-order valence-corrected chi connectivity index (χ0v) is 25.0. The molecule has 1 amide bonds. The first-order valence-electron chi connectivity index (χ1n) is 15.0. The van der Waals surface area contributed by atoms with Gasteiger partial charge < -0.3 is 24.4 Å². The Morgan fingerprint density at radius 3 is 2.56 bits per heavy atom. The van der Waals surface area contributed by atoms with Gasteiger partial charge in [0.05, 0.1) is 12.3 Å². The van der Waals surface area contributed by atoms with Crippen LogP contribution < -0.4 is 9.64 Å². The highest BCUT2D eigenvalue weighted by molar-refractivity contribution is 7.14. The summed E-state index contributed by atoms with van der Waals surface area (Å²) in [4.78, 5) is 22.5. The normalized spacial score (nSPS) is 22.3. The van der Waals surface area contributed by atoms with Crippen LogP contribution in [-0.2, 0) is 11.3 Å². The van der Waals surface area contributed by atoms with Crippen LogP contribution in [0.15, 0.2) is 41.8 Å². The quantitative estimate of drug-likeness (QED) is 0.313. The third-order valence-corrected chi connectivity index (χ3v) is 10.1. The second-order valence-corrected chi connectivity index (χ2v) is 12.8. The molecule has 3 aromatic rings. The summed E-state index contributed by atoms with van der Waals surface area (Å²) in [6, 6.07) is 12.3.